The van der Waals surface area contributed by atoms with Crippen molar-refractivity contribution in [3.63, 3.8) is 0 Å². The van der Waals surface area contributed by atoms with E-state index < -0.39 is 29.8 Å². The molecule has 0 aliphatic carbocycles. The number of amides is 2. The number of rotatable bonds is 10. The lowest BCUT2D eigenvalue weighted by Gasteiger charge is -2.32. The van der Waals surface area contributed by atoms with Crippen molar-refractivity contribution in [2.45, 2.75) is 62.9 Å². The highest BCUT2D eigenvalue weighted by atomic mass is 16.5. The van der Waals surface area contributed by atoms with E-state index in [1.807, 2.05) is 30.3 Å². The second-order valence-electron chi connectivity index (χ2n) is 8.09. The molecule has 0 spiro atoms. The van der Waals surface area contributed by atoms with E-state index >= 15 is 0 Å². The van der Waals surface area contributed by atoms with Crippen LogP contribution in [0.3, 0.4) is 0 Å². The standard InChI is InChI=1S/C21H34N6O4/c1-21(30,31)17(10-5-11-25-20(23)24)26-18(28)16-9-6-12-27(16)19(29)15(22)13-14-7-3-2-4-8-14/h2-4,7-8,15-17,30-31H,5-6,9-13,22H2,1H3,(H,26,28)(H4,23,24,25)/t15-,16+,17+/m1/s1. The van der Waals surface area contributed by atoms with Crippen LogP contribution in [0.25, 0.3) is 0 Å². The summed E-state index contributed by atoms with van der Waals surface area (Å²) in [5, 5.41) is 22.8. The van der Waals surface area contributed by atoms with E-state index in [0.29, 0.717) is 38.8 Å². The first-order chi connectivity index (χ1) is 14.6. The van der Waals surface area contributed by atoms with Gasteiger partial charge < -0.3 is 37.6 Å². The number of benzene rings is 1. The molecular weight excluding hydrogens is 400 g/mol. The van der Waals surface area contributed by atoms with Crippen LogP contribution in [0.5, 0.6) is 0 Å². The Hall–Kier alpha value is -2.69. The Morgan fingerprint density at radius 3 is 2.58 bits per heavy atom. The Balaban J connectivity index is 1.99. The number of hydrogen-bond acceptors (Lipinski definition) is 6. The molecule has 0 aromatic heterocycles. The zero-order valence-corrected chi connectivity index (χ0v) is 17.9. The summed E-state index contributed by atoms with van der Waals surface area (Å²) >= 11 is 0. The number of aliphatic imine (C=N–C) groups is 1. The highest BCUT2D eigenvalue weighted by Crippen LogP contribution is 2.21. The zero-order chi connectivity index (χ0) is 23.0. The summed E-state index contributed by atoms with van der Waals surface area (Å²) in [5.74, 6) is -2.91. The second-order valence-corrected chi connectivity index (χ2v) is 8.09. The fourth-order valence-electron chi connectivity index (χ4n) is 3.73. The number of aliphatic hydroxyl groups is 2. The lowest BCUT2D eigenvalue weighted by Crippen LogP contribution is -2.57. The summed E-state index contributed by atoms with van der Waals surface area (Å²) in [7, 11) is 0. The van der Waals surface area contributed by atoms with Gasteiger partial charge in [-0.3, -0.25) is 14.6 Å². The van der Waals surface area contributed by atoms with Gasteiger partial charge in [-0.1, -0.05) is 30.3 Å². The van der Waals surface area contributed by atoms with Crippen LogP contribution in [0.1, 0.15) is 38.2 Å². The van der Waals surface area contributed by atoms with E-state index in [2.05, 4.69) is 10.3 Å². The Morgan fingerprint density at radius 2 is 1.97 bits per heavy atom. The summed E-state index contributed by atoms with van der Waals surface area (Å²) in [6.45, 7) is 1.93. The Bertz CT molecular complexity index is 761. The van der Waals surface area contributed by atoms with Crippen molar-refractivity contribution >= 4 is 17.8 Å². The van der Waals surface area contributed by atoms with Gasteiger partial charge in [0, 0.05) is 13.1 Å². The maximum Gasteiger partial charge on any atom is 0.243 e. The fourth-order valence-corrected chi connectivity index (χ4v) is 3.73. The first kappa shape index (κ1) is 24.6. The molecule has 1 heterocycles. The van der Waals surface area contributed by atoms with Crippen molar-refractivity contribution in [1.29, 1.82) is 0 Å². The molecular formula is C21H34N6O4. The SMILES string of the molecule is CC(O)(O)[C@H](CCCN=C(N)N)NC(=O)[C@@H]1CCCN1C(=O)[C@H](N)Cc1ccccc1. The minimum atomic E-state index is -2.13. The molecule has 9 N–H and O–H groups in total. The third-order valence-electron chi connectivity index (χ3n) is 5.38. The van der Waals surface area contributed by atoms with Gasteiger partial charge in [-0.05, 0) is 44.6 Å². The molecule has 1 aliphatic rings. The smallest absolute Gasteiger partial charge is 0.243 e. The van der Waals surface area contributed by atoms with Crippen LogP contribution in [-0.4, -0.2) is 69.9 Å². The van der Waals surface area contributed by atoms with E-state index in [9.17, 15) is 19.8 Å². The molecule has 1 saturated heterocycles. The zero-order valence-electron chi connectivity index (χ0n) is 17.9. The quantitative estimate of drug-likeness (QED) is 0.116. The molecule has 0 unspecified atom stereocenters. The first-order valence-electron chi connectivity index (χ1n) is 10.5. The summed E-state index contributed by atoms with van der Waals surface area (Å²) in [6.07, 6.45) is 2.23. The van der Waals surface area contributed by atoms with E-state index in [4.69, 9.17) is 17.2 Å². The molecule has 0 radical (unpaired) electrons. The van der Waals surface area contributed by atoms with Gasteiger partial charge in [0.25, 0.3) is 0 Å². The van der Waals surface area contributed by atoms with E-state index in [0.717, 1.165) is 5.56 Å². The third-order valence-corrected chi connectivity index (χ3v) is 5.38. The van der Waals surface area contributed by atoms with E-state index in [1.54, 1.807) is 0 Å². The number of nitrogens with one attached hydrogen (secondary N) is 1. The molecule has 1 fully saturated rings. The van der Waals surface area contributed by atoms with Crippen molar-refractivity contribution in [2.24, 2.45) is 22.2 Å². The minimum Gasteiger partial charge on any atom is -0.370 e. The van der Waals surface area contributed by atoms with Crippen LogP contribution in [0, 0.1) is 0 Å². The minimum absolute atomic E-state index is 0.0525. The number of nitrogens with two attached hydrogens (primary N) is 3. The summed E-state index contributed by atoms with van der Waals surface area (Å²) in [5.41, 5.74) is 17.7. The summed E-state index contributed by atoms with van der Waals surface area (Å²) in [4.78, 5) is 31.2. The van der Waals surface area contributed by atoms with Crippen molar-refractivity contribution in [2.75, 3.05) is 13.1 Å². The van der Waals surface area contributed by atoms with Crippen LogP contribution < -0.4 is 22.5 Å². The van der Waals surface area contributed by atoms with Gasteiger partial charge >= 0.3 is 0 Å². The van der Waals surface area contributed by atoms with Gasteiger partial charge in [-0.2, -0.15) is 0 Å². The Morgan fingerprint density at radius 1 is 1.29 bits per heavy atom. The van der Waals surface area contributed by atoms with Crippen LogP contribution in [0.4, 0.5) is 0 Å². The number of guanidine groups is 1. The average molecular weight is 435 g/mol. The fraction of sp³-hybridized carbons (Fsp3) is 0.571. The van der Waals surface area contributed by atoms with Crippen LogP contribution >= 0.6 is 0 Å². The lowest BCUT2D eigenvalue weighted by molar-refractivity contribution is -0.174. The third kappa shape index (κ3) is 7.50. The average Bonchev–Trinajstić information content (AvgIpc) is 3.19. The van der Waals surface area contributed by atoms with Gasteiger partial charge in [0.15, 0.2) is 11.7 Å². The monoisotopic (exact) mass is 434 g/mol. The highest BCUT2D eigenvalue weighted by molar-refractivity contribution is 5.90. The van der Waals surface area contributed by atoms with E-state index in [-0.39, 0.29) is 18.3 Å². The predicted octanol–water partition coefficient (Wildman–Crippen LogP) is -1.21. The topological polar surface area (TPSA) is 180 Å². The maximum absolute atomic E-state index is 12.9. The summed E-state index contributed by atoms with van der Waals surface area (Å²) < 4.78 is 0. The molecule has 0 bridgehead atoms. The summed E-state index contributed by atoms with van der Waals surface area (Å²) in [6, 6.07) is 7.06. The molecule has 31 heavy (non-hydrogen) atoms. The van der Waals surface area contributed by atoms with Crippen LogP contribution in [0.2, 0.25) is 0 Å². The van der Waals surface area contributed by atoms with Gasteiger partial charge in [0.05, 0.1) is 12.1 Å². The number of nitrogens with zero attached hydrogens (tertiary/aromatic N) is 2. The number of likely N-dealkylation sites (tertiary alicyclic amines) is 1. The van der Waals surface area contributed by atoms with Crippen molar-refractivity contribution < 1.29 is 19.8 Å². The molecule has 0 saturated carbocycles. The molecule has 1 aromatic rings. The van der Waals surface area contributed by atoms with E-state index in [1.165, 1.54) is 11.8 Å². The highest BCUT2D eigenvalue weighted by Gasteiger charge is 2.39. The molecule has 2 amide bonds. The van der Waals surface area contributed by atoms with Crippen LogP contribution in [0.15, 0.2) is 35.3 Å². The number of carbonyl (C=O) groups excluding carboxylic acids is 2. The number of hydrogen-bond donors (Lipinski definition) is 6. The van der Waals surface area contributed by atoms with Gasteiger partial charge in [0.1, 0.15) is 6.04 Å². The maximum atomic E-state index is 12.9. The molecule has 10 heteroatoms. The normalized spacial score (nSPS) is 18.3. The molecule has 3 atom stereocenters. The van der Waals surface area contributed by atoms with Crippen molar-refractivity contribution in [3.8, 4) is 0 Å². The molecule has 2 rings (SSSR count). The van der Waals surface area contributed by atoms with Gasteiger partial charge in [-0.15, -0.1) is 0 Å². The molecule has 1 aromatic carbocycles. The lowest BCUT2D eigenvalue weighted by atomic mass is 10.0. The first-order valence-corrected chi connectivity index (χ1v) is 10.5. The van der Waals surface area contributed by atoms with Gasteiger partial charge in [0.2, 0.25) is 11.8 Å². The molecule has 172 valence electrons. The molecule has 10 nitrogen and oxygen atoms in total. The number of carbonyl (C=O) groups is 2. The Labute approximate surface area is 182 Å². The van der Waals surface area contributed by atoms with Crippen LogP contribution in [-0.2, 0) is 16.0 Å². The molecule has 1 aliphatic heterocycles. The second kappa shape index (κ2) is 11.1. The Kier molecular flexibility index (Phi) is 8.78. The predicted molar refractivity (Wildman–Crippen MR) is 118 cm³/mol. The van der Waals surface area contributed by atoms with Gasteiger partial charge in [-0.25, -0.2) is 0 Å². The van der Waals surface area contributed by atoms with Crippen molar-refractivity contribution in [3.05, 3.63) is 35.9 Å². The van der Waals surface area contributed by atoms with Crippen molar-refractivity contribution in [1.82, 2.24) is 10.2 Å². The largest absolute Gasteiger partial charge is 0.370 e.